The van der Waals surface area contributed by atoms with Crippen LogP contribution in [0.4, 0.5) is 11.4 Å². The van der Waals surface area contributed by atoms with Crippen molar-refractivity contribution in [2.24, 2.45) is 21.1 Å². The topological polar surface area (TPSA) is 125 Å². The summed E-state index contributed by atoms with van der Waals surface area (Å²) >= 11 is 0. The molecule has 2 aliphatic heterocycles. The zero-order valence-corrected chi connectivity index (χ0v) is 21.1. The molecule has 2 aromatic carbocycles. The Kier molecular flexibility index (Phi) is 6.99. The smallest absolute Gasteiger partial charge is 0.243 e. The number of sulfonamides is 1. The summed E-state index contributed by atoms with van der Waals surface area (Å²) in [5.41, 5.74) is 10.2. The Hall–Kier alpha value is -3.34. The van der Waals surface area contributed by atoms with Gasteiger partial charge in [0.2, 0.25) is 16.0 Å². The number of anilines is 2. The second kappa shape index (κ2) is 10.3. The molecule has 1 fully saturated rings. The average molecular weight is 506 g/mol. The van der Waals surface area contributed by atoms with Crippen molar-refractivity contribution in [3.8, 4) is 0 Å². The van der Waals surface area contributed by atoms with Crippen molar-refractivity contribution in [1.29, 1.82) is 0 Å². The number of nitrogens with two attached hydrogens (primary N) is 1. The van der Waals surface area contributed by atoms with Crippen LogP contribution < -0.4 is 15.8 Å². The van der Waals surface area contributed by atoms with E-state index in [9.17, 15) is 8.42 Å². The Morgan fingerprint density at radius 2 is 1.86 bits per heavy atom. The molecule has 5 rings (SSSR count). The molecule has 188 valence electrons. The normalized spacial score (nSPS) is 22.0. The number of benzene rings is 2. The van der Waals surface area contributed by atoms with Gasteiger partial charge in [-0.3, -0.25) is 0 Å². The van der Waals surface area contributed by atoms with Crippen LogP contribution >= 0.6 is 0 Å². The summed E-state index contributed by atoms with van der Waals surface area (Å²) in [6.45, 7) is 5.32. The number of aliphatic imine (C=N–C) groups is 1. The van der Waals surface area contributed by atoms with E-state index in [2.05, 4.69) is 38.2 Å². The van der Waals surface area contributed by atoms with Gasteiger partial charge in [0.25, 0.3) is 0 Å². The van der Waals surface area contributed by atoms with Crippen LogP contribution in [0.3, 0.4) is 0 Å². The molecule has 1 saturated heterocycles. The molecule has 3 aliphatic rings. The van der Waals surface area contributed by atoms with Crippen LogP contribution in [-0.2, 0) is 10.0 Å². The molecule has 2 aromatic rings. The molecule has 1 aliphatic carbocycles. The number of azo groups is 1. The Labute approximate surface area is 212 Å². The Morgan fingerprint density at radius 1 is 1.08 bits per heavy atom. The molecule has 9 nitrogen and oxygen atoms in total. The quantitative estimate of drug-likeness (QED) is 0.493. The molecule has 2 heterocycles. The lowest BCUT2D eigenvalue weighted by molar-refractivity contribution is 0.344. The molecule has 4 N–H and O–H groups in total. The average Bonchev–Trinajstić information content (AvgIpc) is 3.38. The summed E-state index contributed by atoms with van der Waals surface area (Å²) in [4.78, 5) is 7.25. The maximum atomic E-state index is 12.6. The fourth-order valence-electron chi connectivity index (χ4n) is 4.70. The standard InChI is InChI=1S/C26H31N7O2S/c1-18-15-20(19-5-4-6-21(27)16-19)17-24-25(18)30-26(32-31-24)29-22-7-9-23(10-8-22)36(34,35)28-11-14-33-12-2-3-13-33/h4-10,15-18,25,28H,2-3,11-14,27H2,1H3,(H,29,30). The van der Waals surface area contributed by atoms with Gasteiger partial charge in [-0.15, -0.1) is 10.2 Å². The fraction of sp³-hybridized carbons (Fsp3) is 0.346. The number of rotatable bonds is 7. The minimum Gasteiger partial charge on any atom is -0.399 e. The van der Waals surface area contributed by atoms with Gasteiger partial charge in [0, 0.05) is 30.4 Å². The van der Waals surface area contributed by atoms with Gasteiger partial charge in [-0.05, 0) is 79.5 Å². The first-order valence-corrected chi connectivity index (χ1v) is 13.7. The van der Waals surface area contributed by atoms with Gasteiger partial charge in [-0.2, -0.15) is 0 Å². The van der Waals surface area contributed by atoms with Crippen molar-refractivity contribution in [2.45, 2.75) is 30.7 Å². The van der Waals surface area contributed by atoms with E-state index in [-0.39, 0.29) is 16.9 Å². The highest BCUT2D eigenvalue weighted by Crippen LogP contribution is 2.34. The van der Waals surface area contributed by atoms with E-state index in [1.165, 1.54) is 12.8 Å². The van der Waals surface area contributed by atoms with E-state index < -0.39 is 10.0 Å². The SMILES string of the molecule is CC1C=C(c2cccc(N)c2)C=C2N=NC(Nc3ccc(S(=O)(=O)NCCN4CCCC4)cc3)=NC21. The molecular formula is C26H31N7O2S. The van der Waals surface area contributed by atoms with Crippen LogP contribution in [-0.4, -0.2) is 51.5 Å². The first-order chi connectivity index (χ1) is 17.4. The van der Waals surface area contributed by atoms with Gasteiger partial charge in [0.1, 0.15) is 6.04 Å². The van der Waals surface area contributed by atoms with Crippen LogP contribution in [0.2, 0.25) is 0 Å². The molecule has 0 saturated carbocycles. The first kappa shape index (κ1) is 24.4. The molecule has 10 heteroatoms. The molecule has 0 spiro atoms. The predicted octanol–water partition coefficient (Wildman–Crippen LogP) is 3.86. The second-order valence-electron chi connectivity index (χ2n) is 9.37. The van der Waals surface area contributed by atoms with E-state index in [0.717, 1.165) is 36.5 Å². The molecule has 0 radical (unpaired) electrons. The molecule has 36 heavy (non-hydrogen) atoms. The van der Waals surface area contributed by atoms with Gasteiger partial charge in [-0.25, -0.2) is 18.1 Å². The number of nitrogen functional groups attached to an aromatic ring is 1. The van der Waals surface area contributed by atoms with Crippen LogP contribution in [0.1, 0.15) is 25.3 Å². The molecule has 0 bridgehead atoms. The van der Waals surface area contributed by atoms with E-state index in [1.54, 1.807) is 24.3 Å². The minimum absolute atomic E-state index is 0.122. The van der Waals surface area contributed by atoms with Crippen LogP contribution in [0, 0.1) is 5.92 Å². The van der Waals surface area contributed by atoms with Gasteiger partial charge in [-0.1, -0.05) is 25.1 Å². The van der Waals surface area contributed by atoms with Crippen molar-refractivity contribution in [2.75, 3.05) is 37.2 Å². The van der Waals surface area contributed by atoms with Crippen molar-refractivity contribution in [3.63, 3.8) is 0 Å². The van der Waals surface area contributed by atoms with Gasteiger partial charge in [0.05, 0.1) is 10.6 Å². The van der Waals surface area contributed by atoms with Crippen LogP contribution in [0.5, 0.6) is 0 Å². The van der Waals surface area contributed by atoms with Crippen LogP contribution in [0.15, 0.2) is 86.5 Å². The predicted molar refractivity (Wildman–Crippen MR) is 143 cm³/mol. The maximum absolute atomic E-state index is 12.6. The second-order valence-corrected chi connectivity index (χ2v) is 11.1. The summed E-state index contributed by atoms with van der Waals surface area (Å²) in [6, 6.07) is 14.2. The number of fused-ring (bicyclic) bond motifs is 1. The number of hydrogen-bond donors (Lipinski definition) is 3. The third kappa shape index (κ3) is 5.56. The molecule has 0 amide bonds. The van der Waals surface area contributed by atoms with E-state index in [1.807, 2.05) is 30.3 Å². The van der Waals surface area contributed by atoms with Gasteiger partial charge < -0.3 is 16.0 Å². The minimum atomic E-state index is -3.55. The molecular weight excluding hydrogens is 474 g/mol. The molecule has 2 unspecified atom stereocenters. The Balaban J connectivity index is 1.21. The third-order valence-electron chi connectivity index (χ3n) is 6.63. The highest BCUT2D eigenvalue weighted by molar-refractivity contribution is 7.89. The maximum Gasteiger partial charge on any atom is 0.243 e. The number of nitrogens with one attached hydrogen (secondary N) is 2. The Bertz CT molecular complexity index is 1340. The highest BCUT2D eigenvalue weighted by atomic mass is 32.2. The lowest BCUT2D eigenvalue weighted by Gasteiger charge is -2.26. The monoisotopic (exact) mass is 505 g/mol. The van der Waals surface area contributed by atoms with E-state index in [4.69, 9.17) is 10.7 Å². The molecule has 0 aromatic heterocycles. The zero-order chi connectivity index (χ0) is 25.1. The largest absolute Gasteiger partial charge is 0.399 e. The van der Waals surface area contributed by atoms with Gasteiger partial charge in [0.15, 0.2) is 0 Å². The summed E-state index contributed by atoms with van der Waals surface area (Å²) in [7, 11) is -3.55. The number of nitrogens with zero attached hydrogens (tertiary/aromatic N) is 4. The summed E-state index contributed by atoms with van der Waals surface area (Å²) in [5, 5.41) is 11.8. The lowest BCUT2D eigenvalue weighted by atomic mass is 9.88. The number of likely N-dealkylation sites (tertiary alicyclic amines) is 1. The van der Waals surface area contributed by atoms with Crippen molar-refractivity contribution < 1.29 is 8.42 Å². The van der Waals surface area contributed by atoms with E-state index in [0.29, 0.717) is 23.9 Å². The number of guanidine groups is 1. The van der Waals surface area contributed by atoms with Crippen molar-refractivity contribution >= 4 is 32.9 Å². The third-order valence-corrected chi connectivity index (χ3v) is 8.10. The van der Waals surface area contributed by atoms with Crippen molar-refractivity contribution in [1.82, 2.24) is 9.62 Å². The van der Waals surface area contributed by atoms with Gasteiger partial charge >= 0.3 is 0 Å². The summed E-state index contributed by atoms with van der Waals surface area (Å²) in [6.07, 6.45) is 6.54. The lowest BCUT2D eigenvalue weighted by Crippen LogP contribution is -2.33. The number of allylic oxidation sites excluding steroid dienone is 2. The zero-order valence-electron chi connectivity index (χ0n) is 20.3. The number of hydrogen-bond acceptors (Lipinski definition) is 8. The summed E-state index contributed by atoms with van der Waals surface area (Å²) < 4.78 is 27.9. The fourth-order valence-corrected chi connectivity index (χ4v) is 5.72. The van der Waals surface area contributed by atoms with E-state index >= 15 is 0 Å². The highest BCUT2D eigenvalue weighted by Gasteiger charge is 2.28. The Morgan fingerprint density at radius 3 is 2.61 bits per heavy atom. The summed E-state index contributed by atoms with van der Waals surface area (Å²) in [5.74, 6) is 0.515. The first-order valence-electron chi connectivity index (χ1n) is 12.3. The molecule has 2 atom stereocenters. The van der Waals surface area contributed by atoms with Crippen LogP contribution in [0.25, 0.3) is 5.57 Å². The van der Waals surface area contributed by atoms with Crippen molar-refractivity contribution in [3.05, 3.63) is 71.9 Å².